The number of halogens is 3. The molecule has 0 aliphatic carbocycles. The lowest BCUT2D eigenvalue weighted by atomic mass is 10.2. The number of nitrogens with zero attached hydrogens (tertiary/aromatic N) is 2. The minimum absolute atomic E-state index is 0.115. The zero-order valence-corrected chi connectivity index (χ0v) is 10.5. The van der Waals surface area contributed by atoms with Crippen LogP contribution in [0.25, 0.3) is 16.7 Å². The van der Waals surface area contributed by atoms with Crippen LogP contribution < -0.4 is 0 Å². The largest absolute Gasteiger partial charge is 0.292 e. The lowest BCUT2D eigenvalue weighted by Gasteiger charge is -2.09. The predicted octanol–water partition coefficient (Wildman–Crippen LogP) is 4.04. The number of aromatic nitrogens is 2. The number of imidazole rings is 1. The molecule has 0 saturated carbocycles. The molecule has 3 aromatic rings. The van der Waals surface area contributed by atoms with Gasteiger partial charge in [0, 0.05) is 0 Å². The van der Waals surface area contributed by atoms with Gasteiger partial charge in [0.05, 0.1) is 22.6 Å². The summed E-state index contributed by atoms with van der Waals surface area (Å²) in [5.74, 6) is -1.20. The van der Waals surface area contributed by atoms with Crippen LogP contribution in [0.4, 0.5) is 8.78 Å². The first-order valence-corrected chi connectivity index (χ1v) is 6.22. The molecule has 0 aliphatic rings. The Balaban J connectivity index is 2.38. The van der Waals surface area contributed by atoms with Gasteiger partial charge in [-0.3, -0.25) is 4.57 Å². The van der Waals surface area contributed by atoms with Crippen molar-refractivity contribution >= 4 is 22.6 Å². The molecule has 0 radical (unpaired) electrons. The Morgan fingerprint density at radius 3 is 2.63 bits per heavy atom. The van der Waals surface area contributed by atoms with Gasteiger partial charge in [-0.2, -0.15) is 0 Å². The Morgan fingerprint density at radius 2 is 1.84 bits per heavy atom. The number of alkyl halides is 1. The number of fused-ring (bicyclic) bond motifs is 1. The highest BCUT2D eigenvalue weighted by atomic mass is 35.5. The molecule has 96 valence electrons. The highest BCUT2D eigenvalue weighted by Gasteiger charge is 2.16. The van der Waals surface area contributed by atoms with E-state index in [-0.39, 0.29) is 11.6 Å². The van der Waals surface area contributed by atoms with E-state index in [0.717, 1.165) is 6.07 Å². The number of para-hydroxylation sites is 2. The molecule has 2 nitrogen and oxygen atoms in total. The van der Waals surface area contributed by atoms with E-state index in [4.69, 9.17) is 11.6 Å². The van der Waals surface area contributed by atoms with Crippen molar-refractivity contribution in [3.8, 4) is 5.69 Å². The van der Waals surface area contributed by atoms with E-state index in [1.807, 2.05) is 12.1 Å². The van der Waals surface area contributed by atoms with Gasteiger partial charge in [-0.1, -0.05) is 18.2 Å². The van der Waals surface area contributed by atoms with Gasteiger partial charge >= 0.3 is 0 Å². The van der Waals surface area contributed by atoms with E-state index in [1.54, 1.807) is 16.7 Å². The van der Waals surface area contributed by atoms with Crippen molar-refractivity contribution in [1.82, 2.24) is 9.55 Å². The van der Waals surface area contributed by atoms with Crippen LogP contribution in [0.3, 0.4) is 0 Å². The molecule has 0 bridgehead atoms. The minimum Gasteiger partial charge on any atom is -0.292 e. The fraction of sp³-hybridized carbons (Fsp3) is 0.0714. The van der Waals surface area contributed by atoms with Crippen LogP contribution in [0.5, 0.6) is 0 Å². The molecular formula is C14H9ClF2N2. The van der Waals surface area contributed by atoms with Crippen molar-refractivity contribution in [2.45, 2.75) is 5.88 Å². The number of hydrogen-bond donors (Lipinski definition) is 0. The van der Waals surface area contributed by atoms with Crippen molar-refractivity contribution in [1.29, 1.82) is 0 Å². The van der Waals surface area contributed by atoms with Gasteiger partial charge in [0.2, 0.25) is 0 Å². The van der Waals surface area contributed by atoms with Gasteiger partial charge in [0.25, 0.3) is 0 Å². The van der Waals surface area contributed by atoms with Crippen LogP contribution >= 0.6 is 11.6 Å². The van der Waals surface area contributed by atoms with E-state index in [1.165, 1.54) is 12.1 Å². The standard InChI is InChI=1S/C14H9ClF2N2/c15-8-13-18-10-5-1-2-6-11(10)19(13)12-7-3-4-9(16)14(12)17/h1-7H,8H2. The summed E-state index contributed by atoms with van der Waals surface area (Å²) in [5, 5.41) is 0. The molecule has 0 N–H and O–H groups in total. The maximum absolute atomic E-state index is 13.9. The van der Waals surface area contributed by atoms with Crippen LogP contribution in [0, 0.1) is 11.6 Å². The average molecular weight is 279 g/mol. The normalized spacial score (nSPS) is 11.1. The van der Waals surface area contributed by atoms with Crippen molar-refractivity contribution in [2.24, 2.45) is 0 Å². The Labute approximate surface area is 113 Å². The van der Waals surface area contributed by atoms with Crippen molar-refractivity contribution < 1.29 is 8.78 Å². The van der Waals surface area contributed by atoms with E-state index in [9.17, 15) is 8.78 Å². The first kappa shape index (κ1) is 12.1. The summed E-state index contributed by atoms with van der Waals surface area (Å²) < 4.78 is 28.8. The van der Waals surface area contributed by atoms with Crippen LogP contribution in [0.15, 0.2) is 42.5 Å². The smallest absolute Gasteiger partial charge is 0.182 e. The molecule has 3 rings (SSSR count). The monoisotopic (exact) mass is 278 g/mol. The van der Waals surface area contributed by atoms with Crippen molar-refractivity contribution in [3.05, 3.63) is 59.9 Å². The molecule has 0 amide bonds. The minimum atomic E-state index is -0.906. The maximum Gasteiger partial charge on any atom is 0.182 e. The third kappa shape index (κ3) is 1.88. The van der Waals surface area contributed by atoms with E-state index >= 15 is 0 Å². The molecule has 1 aromatic heterocycles. The van der Waals surface area contributed by atoms with E-state index < -0.39 is 11.6 Å². The highest BCUT2D eigenvalue weighted by Crippen LogP contribution is 2.25. The molecule has 0 aliphatic heterocycles. The number of rotatable bonds is 2. The second-order valence-electron chi connectivity index (χ2n) is 4.06. The molecule has 0 spiro atoms. The zero-order valence-electron chi connectivity index (χ0n) is 9.78. The average Bonchev–Trinajstić information content (AvgIpc) is 2.80. The lowest BCUT2D eigenvalue weighted by Crippen LogP contribution is -2.03. The van der Waals surface area contributed by atoms with Gasteiger partial charge < -0.3 is 0 Å². The second-order valence-corrected chi connectivity index (χ2v) is 4.33. The molecule has 19 heavy (non-hydrogen) atoms. The molecule has 0 saturated heterocycles. The summed E-state index contributed by atoms with van der Waals surface area (Å²) in [6.45, 7) is 0. The predicted molar refractivity (Wildman–Crippen MR) is 70.5 cm³/mol. The molecule has 2 aromatic carbocycles. The molecule has 0 atom stereocenters. The van der Waals surface area contributed by atoms with Gasteiger partial charge in [-0.25, -0.2) is 13.8 Å². The van der Waals surface area contributed by atoms with Crippen LogP contribution in [0.1, 0.15) is 5.82 Å². The third-order valence-corrected chi connectivity index (χ3v) is 3.16. The Hall–Kier alpha value is -1.94. The Kier molecular flexibility index (Phi) is 2.95. The zero-order chi connectivity index (χ0) is 13.4. The maximum atomic E-state index is 13.9. The summed E-state index contributed by atoms with van der Waals surface area (Å²) in [5.41, 5.74) is 1.51. The van der Waals surface area contributed by atoms with Gasteiger partial charge in [0.15, 0.2) is 11.6 Å². The van der Waals surface area contributed by atoms with E-state index in [2.05, 4.69) is 4.98 Å². The van der Waals surface area contributed by atoms with Crippen LogP contribution in [-0.2, 0) is 5.88 Å². The van der Waals surface area contributed by atoms with Crippen molar-refractivity contribution in [3.63, 3.8) is 0 Å². The molecule has 1 heterocycles. The first-order chi connectivity index (χ1) is 9.22. The molecular weight excluding hydrogens is 270 g/mol. The van der Waals surface area contributed by atoms with Gasteiger partial charge in [0.1, 0.15) is 5.82 Å². The SMILES string of the molecule is Fc1cccc(-n2c(CCl)nc3ccccc32)c1F. The molecule has 0 unspecified atom stereocenters. The van der Waals surface area contributed by atoms with Gasteiger partial charge in [-0.15, -0.1) is 11.6 Å². The van der Waals surface area contributed by atoms with Crippen LogP contribution in [0.2, 0.25) is 0 Å². The number of hydrogen-bond acceptors (Lipinski definition) is 1. The Bertz CT molecular complexity index is 752. The van der Waals surface area contributed by atoms with Crippen molar-refractivity contribution in [2.75, 3.05) is 0 Å². The Morgan fingerprint density at radius 1 is 1.05 bits per heavy atom. The summed E-state index contributed by atoms with van der Waals surface area (Å²) in [6.07, 6.45) is 0. The number of benzene rings is 2. The topological polar surface area (TPSA) is 17.8 Å². The molecule has 0 fully saturated rings. The lowest BCUT2D eigenvalue weighted by molar-refractivity contribution is 0.504. The summed E-state index contributed by atoms with van der Waals surface area (Å²) in [7, 11) is 0. The summed E-state index contributed by atoms with van der Waals surface area (Å²) in [4.78, 5) is 4.32. The third-order valence-electron chi connectivity index (χ3n) is 2.92. The van der Waals surface area contributed by atoms with E-state index in [0.29, 0.717) is 16.9 Å². The quantitative estimate of drug-likeness (QED) is 0.647. The highest BCUT2D eigenvalue weighted by molar-refractivity contribution is 6.17. The fourth-order valence-corrected chi connectivity index (χ4v) is 2.28. The first-order valence-electron chi connectivity index (χ1n) is 5.69. The van der Waals surface area contributed by atoms with Gasteiger partial charge in [-0.05, 0) is 24.3 Å². The molecule has 5 heteroatoms. The summed E-state index contributed by atoms with van der Waals surface area (Å²) in [6, 6.07) is 11.3. The summed E-state index contributed by atoms with van der Waals surface area (Å²) >= 11 is 5.85. The van der Waals surface area contributed by atoms with Crippen LogP contribution in [-0.4, -0.2) is 9.55 Å². The second kappa shape index (κ2) is 4.63. The fourth-order valence-electron chi connectivity index (χ4n) is 2.10.